The van der Waals surface area contributed by atoms with Crippen molar-refractivity contribution in [2.45, 2.75) is 44.8 Å². The molecule has 0 unspecified atom stereocenters. The number of carbonyl (C=O) groups is 1. The highest BCUT2D eigenvalue weighted by atomic mass is 16.6. The van der Waals surface area contributed by atoms with Crippen LogP contribution in [0.15, 0.2) is 0 Å². The third-order valence-corrected chi connectivity index (χ3v) is 4.55. The molecule has 2 heterocycles. The molecule has 22 heavy (non-hydrogen) atoms. The molecule has 1 amide bonds. The van der Waals surface area contributed by atoms with Gasteiger partial charge in [0.15, 0.2) is 0 Å². The lowest BCUT2D eigenvalue weighted by atomic mass is 9.84. The van der Waals surface area contributed by atoms with Crippen LogP contribution in [0.3, 0.4) is 0 Å². The van der Waals surface area contributed by atoms with Crippen LogP contribution in [0.5, 0.6) is 0 Å². The molecule has 6 heteroatoms. The van der Waals surface area contributed by atoms with Gasteiger partial charge in [0.2, 0.25) is 0 Å². The Morgan fingerprint density at radius 2 is 1.91 bits per heavy atom. The summed E-state index contributed by atoms with van der Waals surface area (Å²) >= 11 is 0. The van der Waals surface area contributed by atoms with Crippen LogP contribution in [0.4, 0.5) is 4.79 Å². The van der Waals surface area contributed by atoms with Crippen molar-refractivity contribution in [1.82, 2.24) is 15.1 Å². The number of rotatable bonds is 3. The SMILES string of the molecule is COCCN1CCN(C(=O)OC(C)(C)C)CC12CCNCC2. The first-order chi connectivity index (χ1) is 10.4. The van der Waals surface area contributed by atoms with Crippen molar-refractivity contribution in [2.24, 2.45) is 0 Å². The van der Waals surface area contributed by atoms with Crippen LogP contribution >= 0.6 is 0 Å². The van der Waals surface area contributed by atoms with Crippen LogP contribution in [0.25, 0.3) is 0 Å². The molecule has 2 aliphatic heterocycles. The molecule has 0 atom stereocenters. The highest BCUT2D eigenvalue weighted by molar-refractivity contribution is 5.68. The van der Waals surface area contributed by atoms with Gasteiger partial charge >= 0.3 is 6.09 Å². The zero-order chi connectivity index (χ0) is 16.2. The van der Waals surface area contributed by atoms with Crippen molar-refractivity contribution in [3.63, 3.8) is 0 Å². The van der Waals surface area contributed by atoms with E-state index in [1.165, 1.54) is 0 Å². The standard InChI is InChI=1S/C16H31N3O3/c1-15(2,3)22-14(20)18-9-10-19(11-12-21-4)16(13-18)5-7-17-8-6-16/h17H,5-13H2,1-4H3. The summed E-state index contributed by atoms with van der Waals surface area (Å²) in [4.78, 5) is 16.8. The summed E-state index contributed by atoms with van der Waals surface area (Å²) in [7, 11) is 1.74. The molecule has 0 bridgehead atoms. The van der Waals surface area contributed by atoms with Crippen LogP contribution in [-0.4, -0.2) is 80.0 Å². The lowest BCUT2D eigenvalue weighted by molar-refractivity contribution is -0.0445. The highest BCUT2D eigenvalue weighted by Crippen LogP contribution is 2.31. The number of nitrogens with zero attached hydrogens (tertiary/aromatic N) is 2. The summed E-state index contributed by atoms with van der Waals surface area (Å²) in [5.41, 5.74) is -0.371. The third-order valence-electron chi connectivity index (χ3n) is 4.55. The topological polar surface area (TPSA) is 54.0 Å². The van der Waals surface area contributed by atoms with Crippen molar-refractivity contribution in [2.75, 3.05) is 53.0 Å². The van der Waals surface area contributed by atoms with Crippen LogP contribution in [0.1, 0.15) is 33.6 Å². The number of ether oxygens (including phenoxy) is 2. The second-order valence-corrected chi connectivity index (χ2v) is 7.36. The van der Waals surface area contributed by atoms with Crippen molar-refractivity contribution in [3.05, 3.63) is 0 Å². The highest BCUT2D eigenvalue weighted by Gasteiger charge is 2.44. The van der Waals surface area contributed by atoms with Gasteiger partial charge in [-0.1, -0.05) is 0 Å². The van der Waals surface area contributed by atoms with E-state index in [0.717, 1.165) is 58.7 Å². The molecule has 2 fully saturated rings. The Labute approximate surface area is 134 Å². The maximum atomic E-state index is 12.4. The number of methoxy groups -OCH3 is 1. The minimum atomic E-state index is -0.439. The Bertz CT molecular complexity index is 375. The van der Waals surface area contributed by atoms with E-state index in [-0.39, 0.29) is 11.6 Å². The Balaban J connectivity index is 2.05. The van der Waals surface area contributed by atoms with E-state index in [1.807, 2.05) is 25.7 Å². The van der Waals surface area contributed by atoms with Crippen molar-refractivity contribution in [3.8, 4) is 0 Å². The smallest absolute Gasteiger partial charge is 0.410 e. The molecule has 6 nitrogen and oxygen atoms in total. The van der Waals surface area contributed by atoms with E-state index in [9.17, 15) is 4.79 Å². The van der Waals surface area contributed by atoms with Crippen molar-refractivity contribution in [1.29, 1.82) is 0 Å². The second-order valence-electron chi connectivity index (χ2n) is 7.36. The quantitative estimate of drug-likeness (QED) is 0.851. The van der Waals surface area contributed by atoms with Gasteiger partial charge in [0.25, 0.3) is 0 Å². The number of piperidine rings is 1. The fraction of sp³-hybridized carbons (Fsp3) is 0.938. The van der Waals surface area contributed by atoms with Gasteiger partial charge in [0, 0.05) is 38.8 Å². The zero-order valence-corrected chi connectivity index (χ0v) is 14.5. The Kier molecular flexibility index (Phi) is 5.69. The molecule has 1 spiro atoms. The molecule has 2 aliphatic rings. The monoisotopic (exact) mass is 313 g/mol. The van der Waals surface area contributed by atoms with Gasteiger partial charge in [-0.05, 0) is 46.7 Å². The van der Waals surface area contributed by atoms with E-state index < -0.39 is 5.60 Å². The summed E-state index contributed by atoms with van der Waals surface area (Å²) in [6, 6.07) is 0. The minimum absolute atomic E-state index is 0.0684. The summed E-state index contributed by atoms with van der Waals surface area (Å²) in [6.45, 7) is 11.8. The predicted molar refractivity (Wildman–Crippen MR) is 86.1 cm³/mol. The Morgan fingerprint density at radius 3 is 2.50 bits per heavy atom. The lowest BCUT2D eigenvalue weighted by Gasteiger charge is -2.52. The van der Waals surface area contributed by atoms with Crippen molar-refractivity contribution < 1.29 is 14.3 Å². The summed E-state index contributed by atoms with van der Waals surface area (Å²) in [5.74, 6) is 0. The number of hydrogen-bond donors (Lipinski definition) is 1. The molecule has 0 aromatic heterocycles. The molecule has 2 rings (SSSR count). The molecular weight excluding hydrogens is 282 g/mol. The largest absolute Gasteiger partial charge is 0.444 e. The molecule has 2 saturated heterocycles. The molecule has 0 radical (unpaired) electrons. The van der Waals surface area contributed by atoms with Crippen LogP contribution in [-0.2, 0) is 9.47 Å². The molecule has 0 aliphatic carbocycles. The fourth-order valence-corrected chi connectivity index (χ4v) is 3.41. The first-order valence-electron chi connectivity index (χ1n) is 8.29. The van der Waals surface area contributed by atoms with Crippen LogP contribution in [0, 0.1) is 0 Å². The van der Waals surface area contributed by atoms with E-state index in [0.29, 0.717) is 0 Å². The predicted octanol–water partition coefficient (Wildman–Crippen LogP) is 1.31. The zero-order valence-electron chi connectivity index (χ0n) is 14.5. The first kappa shape index (κ1) is 17.5. The first-order valence-corrected chi connectivity index (χ1v) is 8.29. The summed E-state index contributed by atoms with van der Waals surface area (Å²) < 4.78 is 10.8. The number of nitrogens with one attached hydrogen (secondary N) is 1. The van der Waals surface area contributed by atoms with E-state index in [2.05, 4.69) is 10.2 Å². The normalized spacial score (nSPS) is 22.8. The summed E-state index contributed by atoms with van der Waals surface area (Å²) in [5, 5.41) is 3.42. The summed E-state index contributed by atoms with van der Waals surface area (Å²) in [6.07, 6.45) is 1.95. The van der Waals surface area contributed by atoms with Gasteiger partial charge in [-0.25, -0.2) is 4.79 Å². The van der Waals surface area contributed by atoms with Gasteiger partial charge in [-0.3, -0.25) is 4.90 Å². The maximum absolute atomic E-state index is 12.4. The molecule has 0 aromatic rings. The van der Waals surface area contributed by atoms with Gasteiger partial charge in [-0.15, -0.1) is 0 Å². The second kappa shape index (κ2) is 7.15. The Hall–Kier alpha value is -0.850. The van der Waals surface area contributed by atoms with Gasteiger partial charge in [-0.2, -0.15) is 0 Å². The molecule has 0 aromatic carbocycles. The third kappa shape index (κ3) is 4.33. The molecule has 128 valence electrons. The molecule has 0 saturated carbocycles. The number of carbonyl (C=O) groups excluding carboxylic acids is 1. The maximum Gasteiger partial charge on any atom is 0.410 e. The number of amides is 1. The van der Waals surface area contributed by atoms with Crippen molar-refractivity contribution >= 4 is 6.09 Å². The number of hydrogen-bond acceptors (Lipinski definition) is 5. The average Bonchev–Trinajstić information content (AvgIpc) is 2.45. The van der Waals surface area contributed by atoms with Gasteiger partial charge in [0.1, 0.15) is 5.60 Å². The van der Waals surface area contributed by atoms with E-state index >= 15 is 0 Å². The van der Waals surface area contributed by atoms with Crippen LogP contribution in [0.2, 0.25) is 0 Å². The van der Waals surface area contributed by atoms with Gasteiger partial charge in [0.05, 0.1) is 6.61 Å². The van der Waals surface area contributed by atoms with Crippen LogP contribution < -0.4 is 5.32 Å². The Morgan fingerprint density at radius 1 is 1.23 bits per heavy atom. The van der Waals surface area contributed by atoms with E-state index in [4.69, 9.17) is 9.47 Å². The number of piperazine rings is 1. The lowest BCUT2D eigenvalue weighted by Crippen LogP contribution is -2.66. The average molecular weight is 313 g/mol. The van der Waals surface area contributed by atoms with E-state index in [1.54, 1.807) is 7.11 Å². The molecule has 1 N–H and O–H groups in total. The van der Waals surface area contributed by atoms with Gasteiger partial charge < -0.3 is 19.7 Å². The minimum Gasteiger partial charge on any atom is -0.444 e. The molecular formula is C16H31N3O3. The fourth-order valence-electron chi connectivity index (χ4n) is 3.41.